The van der Waals surface area contributed by atoms with E-state index < -0.39 is 24.0 Å². The second-order valence-corrected chi connectivity index (χ2v) is 3.15. The standard InChI is InChI=1S/C11H12O5/c1-3-15-11(14)9(13)6-8(12)10-5-4-7(2)16-10/h4-5H,3,6H2,1-2H3. The van der Waals surface area contributed by atoms with Gasteiger partial charge in [0.25, 0.3) is 0 Å². The summed E-state index contributed by atoms with van der Waals surface area (Å²) in [5, 5.41) is 0. The van der Waals surface area contributed by atoms with Gasteiger partial charge in [-0.15, -0.1) is 0 Å². The third-order valence-corrected chi connectivity index (χ3v) is 1.84. The van der Waals surface area contributed by atoms with E-state index in [1.807, 2.05) is 0 Å². The summed E-state index contributed by atoms with van der Waals surface area (Å²) in [6.45, 7) is 3.38. The van der Waals surface area contributed by atoms with Crippen molar-refractivity contribution in [2.24, 2.45) is 0 Å². The lowest BCUT2D eigenvalue weighted by Gasteiger charge is -1.98. The molecule has 0 saturated heterocycles. The van der Waals surface area contributed by atoms with Gasteiger partial charge in [-0.25, -0.2) is 4.79 Å². The maximum absolute atomic E-state index is 11.5. The molecule has 0 fully saturated rings. The molecule has 0 unspecified atom stereocenters. The third-order valence-electron chi connectivity index (χ3n) is 1.84. The topological polar surface area (TPSA) is 73.6 Å². The van der Waals surface area contributed by atoms with Crippen molar-refractivity contribution >= 4 is 17.5 Å². The van der Waals surface area contributed by atoms with Crippen molar-refractivity contribution in [1.29, 1.82) is 0 Å². The van der Waals surface area contributed by atoms with Gasteiger partial charge in [0.15, 0.2) is 5.76 Å². The van der Waals surface area contributed by atoms with Crippen LogP contribution in [0, 0.1) is 6.92 Å². The number of carbonyl (C=O) groups is 3. The smallest absolute Gasteiger partial charge is 0.375 e. The fraction of sp³-hybridized carbons (Fsp3) is 0.364. The van der Waals surface area contributed by atoms with Crippen LogP contribution in [-0.2, 0) is 14.3 Å². The van der Waals surface area contributed by atoms with E-state index in [2.05, 4.69) is 4.74 Å². The predicted molar refractivity (Wildman–Crippen MR) is 54.0 cm³/mol. The predicted octanol–water partition coefficient (Wildman–Crippen LogP) is 1.29. The van der Waals surface area contributed by atoms with Crippen LogP contribution in [0.2, 0.25) is 0 Å². The Kier molecular flexibility index (Phi) is 3.99. The second-order valence-electron chi connectivity index (χ2n) is 3.15. The molecular weight excluding hydrogens is 212 g/mol. The van der Waals surface area contributed by atoms with Gasteiger partial charge in [0.05, 0.1) is 13.0 Å². The molecule has 0 saturated carbocycles. The van der Waals surface area contributed by atoms with E-state index in [0.717, 1.165) is 0 Å². The van der Waals surface area contributed by atoms with Gasteiger partial charge < -0.3 is 9.15 Å². The lowest BCUT2D eigenvalue weighted by Crippen LogP contribution is -2.20. The molecule has 1 rings (SSSR count). The third kappa shape index (κ3) is 3.05. The second kappa shape index (κ2) is 5.25. The molecule has 0 aliphatic carbocycles. The first-order valence-corrected chi connectivity index (χ1v) is 4.84. The minimum absolute atomic E-state index is 0.0788. The Balaban J connectivity index is 2.58. The SMILES string of the molecule is CCOC(=O)C(=O)CC(=O)c1ccc(C)o1. The summed E-state index contributed by atoms with van der Waals surface area (Å²) < 4.78 is 9.51. The summed E-state index contributed by atoms with van der Waals surface area (Å²) in [4.78, 5) is 33.6. The largest absolute Gasteiger partial charge is 0.460 e. The molecule has 16 heavy (non-hydrogen) atoms. The van der Waals surface area contributed by atoms with E-state index in [0.29, 0.717) is 5.76 Å². The fourth-order valence-electron chi connectivity index (χ4n) is 1.10. The molecule has 0 bridgehead atoms. The zero-order valence-electron chi connectivity index (χ0n) is 9.11. The number of carbonyl (C=O) groups excluding carboxylic acids is 3. The first kappa shape index (κ1) is 12.2. The molecule has 1 heterocycles. The number of aryl methyl sites for hydroxylation is 1. The van der Waals surface area contributed by atoms with Crippen LogP contribution in [-0.4, -0.2) is 24.1 Å². The molecule has 0 atom stereocenters. The summed E-state index contributed by atoms with van der Waals surface area (Å²) >= 11 is 0. The van der Waals surface area contributed by atoms with Crippen LogP contribution < -0.4 is 0 Å². The number of rotatable bonds is 5. The number of ether oxygens (including phenoxy) is 1. The molecule has 0 aliphatic rings. The first-order valence-electron chi connectivity index (χ1n) is 4.84. The Morgan fingerprint density at radius 1 is 1.31 bits per heavy atom. The Morgan fingerprint density at radius 2 is 2.00 bits per heavy atom. The molecule has 0 radical (unpaired) electrons. The van der Waals surface area contributed by atoms with E-state index in [9.17, 15) is 14.4 Å². The zero-order chi connectivity index (χ0) is 12.1. The van der Waals surface area contributed by atoms with Crippen LogP contribution in [0.4, 0.5) is 0 Å². The average molecular weight is 224 g/mol. The van der Waals surface area contributed by atoms with Gasteiger partial charge in [-0.2, -0.15) is 0 Å². The molecular formula is C11H12O5. The van der Waals surface area contributed by atoms with Gasteiger partial charge in [-0.05, 0) is 26.0 Å². The first-order chi connectivity index (χ1) is 7.54. The fourth-order valence-corrected chi connectivity index (χ4v) is 1.10. The quantitative estimate of drug-likeness (QED) is 0.326. The van der Waals surface area contributed by atoms with Crippen molar-refractivity contribution in [2.45, 2.75) is 20.3 Å². The molecule has 0 aromatic carbocycles. The molecule has 0 aliphatic heterocycles. The molecule has 5 nitrogen and oxygen atoms in total. The van der Waals surface area contributed by atoms with Crippen LogP contribution in [0.1, 0.15) is 29.7 Å². The van der Waals surface area contributed by atoms with E-state index in [4.69, 9.17) is 4.42 Å². The summed E-state index contributed by atoms with van der Waals surface area (Å²) in [6, 6.07) is 3.08. The molecule has 86 valence electrons. The number of hydrogen-bond acceptors (Lipinski definition) is 5. The Morgan fingerprint density at radius 3 is 2.50 bits per heavy atom. The Bertz CT molecular complexity index is 416. The van der Waals surface area contributed by atoms with E-state index >= 15 is 0 Å². The van der Waals surface area contributed by atoms with Crippen LogP contribution in [0.3, 0.4) is 0 Å². The van der Waals surface area contributed by atoms with E-state index in [1.54, 1.807) is 19.9 Å². The number of hydrogen-bond donors (Lipinski definition) is 0. The lowest BCUT2D eigenvalue weighted by molar-refractivity contribution is -0.153. The summed E-state index contributed by atoms with van der Waals surface area (Å²) in [5.74, 6) is -1.71. The lowest BCUT2D eigenvalue weighted by atomic mass is 10.1. The van der Waals surface area contributed by atoms with Crippen LogP contribution in [0.25, 0.3) is 0 Å². The number of ketones is 2. The highest BCUT2D eigenvalue weighted by Gasteiger charge is 2.21. The van der Waals surface area contributed by atoms with E-state index in [-0.39, 0.29) is 12.4 Å². The molecule has 0 N–H and O–H groups in total. The normalized spacial score (nSPS) is 9.88. The molecule has 5 heteroatoms. The summed E-state index contributed by atoms with van der Waals surface area (Å²) in [6.07, 6.45) is -0.522. The number of Topliss-reactive ketones (excluding diaryl/α,β-unsaturated/α-hetero) is 2. The molecule has 0 spiro atoms. The van der Waals surface area contributed by atoms with Crippen molar-refractivity contribution < 1.29 is 23.5 Å². The number of esters is 1. The van der Waals surface area contributed by atoms with Gasteiger partial charge >= 0.3 is 5.97 Å². The van der Waals surface area contributed by atoms with Crippen LogP contribution in [0.15, 0.2) is 16.5 Å². The maximum atomic E-state index is 11.5. The van der Waals surface area contributed by atoms with Crippen molar-refractivity contribution in [3.05, 3.63) is 23.7 Å². The van der Waals surface area contributed by atoms with Crippen LogP contribution in [0.5, 0.6) is 0 Å². The molecule has 1 aromatic heterocycles. The number of furan rings is 1. The molecule has 1 aromatic rings. The monoisotopic (exact) mass is 224 g/mol. The highest BCUT2D eigenvalue weighted by Crippen LogP contribution is 2.09. The highest BCUT2D eigenvalue weighted by atomic mass is 16.5. The van der Waals surface area contributed by atoms with Crippen molar-refractivity contribution in [3.8, 4) is 0 Å². The summed E-state index contributed by atoms with van der Waals surface area (Å²) in [7, 11) is 0. The minimum atomic E-state index is -0.987. The Labute approximate surface area is 92.4 Å². The van der Waals surface area contributed by atoms with Gasteiger partial charge in [-0.1, -0.05) is 0 Å². The van der Waals surface area contributed by atoms with Gasteiger partial charge in [-0.3, -0.25) is 9.59 Å². The van der Waals surface area contributed by atoms with Crippen molar-refractivity contribution in [2.75, 3.05) is 6.61 Å². The van der Waals surface area contributed by atoms with Crippen molar-refractivity contribution in [1.82, 2.24) is 0 Å². The Hall–Kier alpha value is -1.91. The average Bonchev–Trinajstić information content (AvgIpc) is 2.65. The maximum Gasteiger partial charge on any atom is 0.375 e. The zero-order valence-corrected chi connectivity index (χ0v) is 9.11. The van der Waals surface area contributed by atoms with Crippen molar-refractivity contribution in [3.63, 3.8) is 0 Å². The van der Waals surface area contributed by atoms with Crippen LogP contribution >= 0.6 is 0 Å². The van der Waals surface area contributed by atoms with Gasteiger partial charge in [0.1, 0.15) is 5.76 Å². The minimum Gasteiger partial charge on any atom is -0.460 e. The van der Waals surface area contributed by atoms with Gasteiger partial charge in [0.2, 0.25) is 11.6 Å². The summed E-state index contributed by atoms with van der Waals surface area (Å²) in [5.41, 5.74) is 0. The highest BCUT2D eigenvalue weighted by molar-refractivity contribution is 6.37. The molecule has 0 amide bonds. The van der Waals surface area contributed by atoms with Gasteiger partial charge in [0, 0.05) is 0 Å². The van der Waals surface area contributed by atoms with E-state index in [1.165, 1.54) is 6.07 Å².